The number of ether oxygens (including phenoxy) is 1. The summed E-state index contributed by atoms with van der Waals surface area (Å²) in [6, 6.07) is 2.30. The van der Waals surface area contributed by atoms with Gasteiger partial charge in [-0.25, -0.2) is 0 Å². The third-order valence-electron chi connectivity index (χ3n) is 4.86. The Kier molecular flexibility index (Phi) is 5.02. The molecule has 2 saturated heterocycles. The average Bonchev–Trinajstić information content (AvgIpc) is 3.05. The topological polar surface area (TPSA) is 70.2 Å². The highest BCUT2D eigenvalue weighted by Gasteiger charge is 2.41. The molecule has 1 aromatic rings. The summed E-state index contributed by atoms with van der Waals surface area (Å²) < 4.78 is 5.95. The Balaban J connectivity index is 1.50. The Labute approximate surface area is 138 Å². The lowest BCUT2D eigenvalue weighted by atomic mass is 9.83. The number of aromatic nitrogens is 2. The Bertz CT molecular complexity index is 542. The molecule has 0 aromatic carbocycles. The molecule has 0 spiro atoms. The first-order valence-electron chi connectivity index (χ1n) is 8.65. The molecular weight excluding hydrogens is 292 g/mol. The second-order valence-corrected chi connectivity index (χ2v) is 7.29. The molecule has 0 aliphatic carbocycles. The van der Waals surface area contributed by atoms with E-state index in [0.717, 1.165) is 44.0 Å². The number of carbonyl (C=O) groups excluding carboxylic acids is 1. The minimum atomic E-state index is 0.0912. The van der Waals surface area contributed by atoms with Crippen molar-refractivity contribution in [1.29, 1.82) is 0 Å². The molecule has 1 amide bonds. The number of nitrogens with one attached hydrogen (secondary N) is 2. The van der Waals surface area contributed by atoms with Crippen LogP contribution in [-0.2, 0) is 16.1 Å². The molecule has 3 heterocycles. The summed E-state index contributed by atoms with van der Waals surface area (Å²) in [7, 11) is 0. The Morgan fingerprint density at radius 2 is 2.39 bits per heavy atom. The van der Waals surface area contributed by atoms with E-state index in [1.807, 2.05) is 20.8 Å². The van der Waals surface area contributed by atoms with Crippen LogP contribution in [0.15, 0.2) is 6.07 Å². The lowest BCUT2D eigenvalue weighted by Crippen LogP contribution is -2.42. The van der Waals surface area contributed by atoms with Crippen molar-refractivity contribution in [3.05, 3.63) is 17.5 Å². The number of rotatable bonds is 5. The molecular formula is C17H28N4O2. The highest BCUT2D eigenvalue weighted by atomic mass is 16.5. The number of hydrogen-bond donors (Lipinski definition) is 2. The van der Waals surface area contributed by atoms with E-state index in [4.69, 9.17) is 4.74 Å². The summed E-state index contributed by atoms with van der Waals surface area (Å²) >= 11 is 0. The van der Waals surface area contributed by atoms with Crippen molar-refractivity contribution in [3.63, 3.8) is 0 Å². The number of hydrogen-bond acceptors (Lipinski definition) is 4. The van der Waals surface area contributed by atoms with Gasteiger partial charge in [-0.3, -0.25) is 14.8 Å². The molecule has 0 unspecified atom stereocenters. The summed E-state index contributed by atoms with van der Waals surface area (Å²) in [5, 5.41) is 10.3. The fraction of sp³-hybridized carbons (Fsp3) is 0.765. The van der Waals surface area contributed by atoms with Crippen molar-refractivity contribution in [2.45, 2.75) is 52.3 Å². The zero-order chi connectivity index (χ0) is 16.4. The summed E-state index contributed by atoms with van der Waals surface area (Å²) in [4.78, 5) is 14.4. The van der Waals surface area contributed by atoms with E-state index in [2.05, 4.69) is 26.5 Å². The van der Waals surface area contributed by atoms with E-state index in [1.54, 1.807) is 0 Å². The first-order chi connectivity index (χ1) is 11.0. The van der Waals surface area contributed by atoms with E-state index in [-0.39, 0.29) is 18.1 Å². The molecule has 1 aromatic heterocycles. The van der Waals surface area contributed by atoms with Gasteiger partial charge in [0, 0.05) is 30.7 Å². The molecule has 2 aliphatic rings. The number of carbonyl (C=O) groups is 1. The lowest BCUT2D eigenvalue weighted by molar-refractivity contribution is -0.124. The Morgan fingerprint density at radius 3 is 3.09 bits per heavy atom. The second-order valence-electron chi connectivity index (χ2n) is 7.29. The van der Waals surface area contributed by atoms with Crippen LogP contribution in [0.2, 0.25) is 0 Å². The number of nitrogens with zero attached hydrogens (tertiary/aromatic N) is 2. The fourth-order valence-electron chi connectivity index (χ4n) is 3.86. The predicted molar refractivity (Wildman–Crippen MR) is 87.8 cm³/mol. The zero-order valence-electron chi connectivity index (χ0n) is 14.3. The molecule has 6 heteroatoms. The summed E-state index contributed by atoms with van der Waals surface area (Å²) in [5.41, 5.74) is 2.21. The first-order valence-corrected chi connectivity index (χ1v) is 8.65. The zero-order valence-corrected chi connectivity index (χ0v) is 14.3. The maximum absolute atomic E-state index is 12.0. The molecule has 0 bridgehead atoms. The van der Waals surface area contributed by atoms with Gasteiger partial charge in [0.1, 0.15) is 0 Å². The Morgan fingerprint density at radius 1 is 1.57 bits per heavy atom. The highest BCUT2D eigenvalue weighted by Crippen LogP contribution is 2.36. The molecule has 23 heavy (non-hydrogen) atoms. The summed E-state index contributed by atoms with van der Waals surface area (Å²) in [6.07, 6.45) is 1.69. The second kappa shape index (κ2) is 7.01. The smallest absolute Gasteiger partial charge is 0.222 e. The predicted octanol–water partition coefficient (Wildman–Crippen LogP) is 1.47. The van der Waals surface area contributed by atoms with Crippen molar-refractivity contribution in [2.24, 2.45) is 11.8 Å². The van der Waals surface area contributed by atoms with Gasteiger partial charge in [0.25, 0.3) is 0 Å². The normalized spacial score (nSPS) is 28.1. The van der Waals surface area contributed by atoms with Crippen molar-refractivity contribution in [2.75, 3.05) is 19.7 Å². The molecule has 6 nitrogen and oxygen atoms in total. The molecule has 2 fully saturated rings. The number of H-pyrrole nitrogens is 1. The quantitative estimate of drug-likeness (QED) is 0.862. The van der Waals surface area contributed by atoms with Crippen molar-refractivity contribution in [1.82, 2.24) is 20.4 Å². The van der Waals surface area contributed by atoms with Crippen LogP contribution in [0.25, 0.3) is 0 Å². The lowest BCUT2D eigenvalue weighted by Gasteiger charge is -2.35. The molecule has 2 aliphatic heterocycles. The number of amides is 1. The van der Waals surface area contributed by atoms with E-state index < -0.39 is 0 Å². The van der Waals surface area contributed by atoms with Crippen LogP contribution in [0.4, 0.5) is 0 Å². The molecule has 3 rings (SSSR count). The van der Waals surface area contributed by atoms with E-state index in [1.165, 1.54) is 0 Å². The van der Waals surface area contributed by atoms with E-state index >= 15 is 0 Å². The van der Waals surface area contributed by atoms with Crippen LogP contribution in [0.1, 0.15) is 38.1 Å². The number of aryl methyl sites for hydroxylation is 1. The number of likely N-dealkylation sites (tertiary alicyclic amines) is 1. The average molecular weight is 320 g/mol. The van der Waals surface area contributed by atoms with Crippen LogP contribution in [0.5, 0.6) is 0 Å². The largest absolute Gasteiger partial charge is 0.377 e. The monoisotopic (exact) mass is 320 g/mol. The maximum atomic E-state index is 12.0. The molecule has 0 radical (unpaired) electrons. The SMILES string of the molecule is Cc1cc(CN2CC[C@@H]3[C@@H](CO[C@H]3CC(=O)NC(C)C)C2)n[nH]1. The van der Waals surface area contributed by atoms with Gasteiger partial charge in [-0.05, 0) is 45.7 Å². The van der Waals surface area contributed by atoms with Gasteiger partial charge in [0.15, 0.2) is 0 Å². The maximum Gasteiger partial charge on any atom is 0.222 e. The molecule has 2 N–H and O–H groups in total. The first kappa shape index (κ1) is 16.5. The molecule has 3 atom stereocenters. The standard InChI is InChI=1S/C17H28N4O2/c1-11(2)18-17(22)7-16-15-4-5-21(8-13(15)10-23-16)9-14-6-12(3)19-20-14/h6,11,13,15-16H,4-5,7-10H2,1-3H3,(H,18,22)(H,19,20)/t13-,15-,16+/m1/s1. The van der Waals surface area contributed by atoms with Crippen LogP contribution < -0.4 is 5.32 Å². The van der Waals surface area contributed by atoms with Crippen LogP contribution in [-0.4, -0.2) is 52.8 Å². The van der Waals surface area contributed by atoms with Crippen molar-refractivity contribution >= 4 is 5.91 Å². The van der Waals surface area contributed by atoms with Gasteiger partial charge in [0.2, 0.25) is 5.91 Å². The fourth-order valence-corrected chi connectivity index (χ4v) is 3.86. The molecule has 128 valence electrons. The van der Waals surface area contributed by atoms with Gasteiger partial charge >= 0.3 is 0 Å². The van der Waals surface area contributed by atoms with E-state index in [9.17, 15) is 4.79 Å². The summed E-state index contributed by atoms with van der Waals surface area (Å²) in [5.74, 6) is 1.17. The van der Waals surface area contributed by atoms with Crippen LogP contribution in [0.3, 0.4) is 0 Å². The summed E-state index contributed by atoms with van der Waals surface area (Å²) in [6.45, 7) is 9.78. The van der Waals surface area contributed by atoms with Crippen LogP contribution >= 0.6 is 0 Å². The van der Waals surface area contributed by atoms with E-state index in [0.29, 0.717) is 18.3 Å². The third kappa shape index (κ3) is 4.12. The van der Waals surface area contributed by atoms with Gasteiger partial charge in [-0.15, -0.1) is 0 Å². The number of piperidine rings is 1. The van der Waals surface area contributed by atoms with Crippen LogP contribution in [0, 0.1) is 18.8 Å². The van der Waals surface area contributed by atoms with Gasteiger partial charge in [-0.1, -0.05) is 0 Å². The number of fused-ring (bicyclic) bond motifs is 1. The minimum Gasteiger partial charge on any atom is -0.377 e. The van der Waals surface area contributed by atoms with Crippen molar-refractivity contribution < 1.29 is 9.53 Å². The van der Waals surface area contributed by atoms with Crippen molar-refractivity contribution in [3.8, 4) is 0 Å². The third-order valence-corrected chi connectivity index (χ3v) is 4.86. The minimum absolute atomic E-state index is 0.0912. The molecule has 0 saturated carbocycles. The van der Waals surface area contributed by atoms with Gasteiger partial charge in [-0.2, -0.15) is 5.10 Å². The number of aromatic amines is 1. The van der Waals surface area contributed by atoms with Gasteiger partial charge < -0.3 is 10.1 Å². The Hall–Kier alpha value is -1.40. The highest BCUT2D eigenvalue weighted by molar-refractivity contribution is 5.76. The van der Waals surface area contributed by atoms with Gasteiger partial charge in [0.05, 0.1) is 24.8 Å².